The Hall–Kier alpha value is -1.79. The SMILES string of the molecule is Cc1ccc(C2=CCNCC2)c(Sc2ccc(C(F)(F)F)cn2)c1. The van der Waals surface area contributed by atoms with E-state index in [-0.39, 0.29) is 0 Å². The number of nitrogens with one attached hydrogen (secondary N) is 1. The molecule has 3 rings (SSSR count). The number of alkyl halides is 3. The first-order valence-electron chi connectivity index (χ1n) is 7.65. The summed E-state index contributed by atoms with van der Waals surface area (Å²) in [7, 11) is 0. The highest BCUT2D eigenvalue weighted by Gasteiger charge is 2.30. The van der Waals surface area contributed by atoms with Crippen LogP contribution in [0, 0.1) is 6.92 Å². The second-order valence-corrected chi connectivity index (χ2v) is 6.73. The standard InChI is InChI=1S/C18H17F3N2S/c1-12-2-4-15(13-6-8-22-9-7-13)16(10-12)24-17-5-3-14(11-23-17)18(19,20)21/h2-6,10-11,22H,7-9H2,1H3. The molecule has 0 saturated carbocycles. The van der Waals surface area contributed by atoms with Gasteiger partial charge in [-0.05, 0) is 54.8 Å². The Balaban J connectivity index is 1.89. The first-order valence-corrected chi connectivity index (χ1v) is 8.47. The van der Waals surface area contributed by atoms with Crippen LogP contribution in [0.3, 0.4) is 0 Å². The Labute approximate surface area is 143 Å². The fourth-order valence-electron chi connectivity index (χ4n) is 2.57. The van der Waals surface area contributed by atoms with Gasteiger partial charge in [0.15, 0.2) is 0 Å². The summed E-state index contributed by atoms with van der Waals surface area (Å²) in [5.74, 6) is 0. The normalized spacial score (nSPS) is 15.2. The number of hydrogen-bond acceptors (Lipinski definition) is 3. The molecule has 0 saturated heterocycles. The molecule has 0 spiro atoms. The van der Waals surface area contributed by atoms with Gasteiger partial charge in [0.25, 0.3) is 0 Å². The highest BCUT2D eigenvalue weighted by Crippen LogP contribution is 2.36. The van der Waals surface area contributed by atoms with Crippen LogP contribution in [-0.4, -0.2) is 18.1 Å². The highest BCUT2D eigenvalue weighted by atomic mass is 32.2. The quantitative estimate of drug-likeness (QED) is 0.849. The summed E-state index contributed by atoms with van der Waals surface area (Å²) >= 11 is 1.40. The molecule has 1 aliphatic heterocycles. The number of nitrogens with zero attached hydrogens (tertiary/aromatic N) is 1. The van der Waals surface area contributed by atoms with Crippen LogP contribution in [0.1, 0.15) is 23.1 Å². The Morgan fingerprint density at radius 2 is 2.00 bits per heavy atom. The van der Waals surface area contributed by atoms with Crippen LogP contribution in [0.5, 0.6) is 0 Å². The van der Waals surface area contributed by atoms with Crippen LogP contribution in [0.2, 0.25) is 0 Å². The summed E-state index contributed by atoms with van der Waals surface area (Å²) in [6, 6.07) is 8.70. The molecule has 0 unspecified atom stereocenters. The molecular weight excluding hydrogens is 333 g/mol. The summed E-state index contributed by atoms with van der Waals surface area (Å²) in [6.07, 6.45) is -0.359. The third kappa shape index (κ3) is 3.99. The number of hydrogen-bond donors (Lipinski definition) is 1. The van der Waals surface area contributed by atoms with Gasteiger partial charge in [0, 0.05) is 17.6 Å². The Morgan fingerprint density at radius 1 is 1.17 bits per heavy atom. The largest absolute Gasteiger partial charge is 0.417 e. The molecule has 1 N–H and O–H groups in total. The van der Waals surface area contributed by atoms with Crippen molar-refractivity contribution in [2.24, 2.45) is 0 Å². The molecule has 2 aromatic rings. The minimum atomic E-state index is -4.36. The lowest BCUT2D eigenvalue weighted by Gasteiger charge is -2.17. The molecule has 24 heavy (non-hydrogen) atoms. The first kappa shape index (κ1) is 17.0. The fraction of sp³-hybridized carbons (Fsp3) is 0.278. The van der Waals surface area contributed by atoms with E-state index in [1.54, 1.807) is 0 Å². The molecule has 2 heterocycles. The topological polar surface area (TPSA) is 24.9 Å². The summed E-state index contributed by atoms with van der Waals surface area (Å²) < 4.78 is 37.9. The van der Waals surface area contributed by atoms with Crippen molar-refractivity contribution in [3.05, 3.63) is 59.3 Å². The molecule has 0 fully saturated rings. The Morgan fingerprint density at radius 3 is 2.62 bits per heavy atom. The van der Waals surface area contributed by atoms with Crippen molar-refractivity contribution >= 4 is 17.3 Å². The molecular formula is C18H17F3N2S. The number of aryl methyl sites for hydroxylation is 1. The minimum Gasteiger partial charge on any atom is -0.313 e. The molecule has 6 heteroatoms. The number of benzene rings is 1. The van der Waals surface area contributed by atoms with Crippen LogP contribution in [-0.2, 0) is 6.18 Å². The number of halogens is 3. The van der Waals surface area contributed by atoms with Crippen molar-refractivity contribution < 1.29 is 13.2 Å². The summed E-state index contributed by atoms with van der Waals surface area (Å²) in [6.45, 7) is 3.78. The van der Waals surface area contributed by atoms with Gasteiger partial charge in [0.1, 0.15) is 5.03 Å². The summed E-state index contributed by atoms with van der Waals surface area (Å²) in [4.78, 5) is 4.99. The maximum Gasteiger partial charge on any atom is 0.417 e. The van der Waals surface area contributed by atoms with Gasteiger partial charge < -0.3 is 5.32 Å². The Bertz CT molecular complexity index is 752. The first-order chi connectivity index (χ1) is 11.4. The van der Waals surface area contributed by atoms with Crippen LogP contribution in [0.15, 0.2) is 52.5 Å². The molecule has 1 aromatic heterocycles. The van der Waals surface area contributed by atoms with Gasteiger partial charge in [-0.1, -0.05) is 30.0 Å². The number of rotatable bonds is 3. The lowest BCUT2D eigenvalue weighted by molar-refractivity contribution is -0.137. The van der Waals surface area contributed by atoms with Gasteiger partial charge in [0.2, 0.25) is 0 Å². The lowest BCUT2D eigenvalue weighted by Crippen LogP contribution is -2.20. The molecule has 2 nitrogen and oxygen atoms in total. The molecule has 0 aliphatic carbocycles. The van der Waals surface area contributed by atoms with Gasteiger partial charge in [-0.15, -0.1) is 0 Å². The zero-order valence-electron chi connectivity index (χ0n) is 13.2. The van der Waals surface area contributed by atoms with E-state index in [4.69, 9.17) is 0 Å². The smallest absolute Gasteiger partial charge is 0.313 e. The van der Waals surface area contributed by atoms with Crippen molar-refractivity contribution in [3.8, 4) is 0 Å². The maximum absolute atomic E-state index is 12.6. The van der Waals surface area contributed by atoms with E-state index >= 15 is 0 Å². The van der Waals surface area contributed by atoms with E-state index in [1.165, 1.54) is 23.4 Å². The minimum absolute atomic E-state index is 0.560. The van der Waals surface area contributed by atoms with E-state index in [0.29, 0.717) is 5.03 Å². The van der Waals surface area contributed by atoms with Gasteiger partial charge in [-0.2, -0.15) is 13.2 Å². The maximum atomic E-state index is 12.6. The number of pyridine rings is 1. The molecule has 0 atom stereocenters. The lowest BCUT2D eigenvalue weighted by atomic mass is 9.99. The molecule has 1 aliphatic rings. The van der Waals surface area contributed by atoms with Crippen molar-refractivity contribution in [3.63, 3.8) is 0 Å². The predicted octanol–water partition coefficient (Wildman–Crippen LogP) is 4.94. The fourth-order valence-corrected chi connectivity index (χ4v) is 3.59. The van der Waals surface area contributed by atoms with Crippen LogP contribution < -0.4 is 5.32 Å². The van der Waals surface area contributed by atoms with Gasteiger partial charge in [-0.25, -0.2) is 4.98 Å². The number of aromatic nitrogens is 1. The third-order valence-corrected chi connectivity index (χ3v) is 4.83. The Kier molecular flexibility index (Phi) is 4.96. The van der Waals surface area contributed by atoms with Gasteiger partial charge in [-0.3, -0.25) is 0 Å². The zero-order chi connectivity index (χ0) is 17.2. The molecule has 126 valence electrons. The zero-order valence-corrected chi connectivity index (χ0v) is 14.0. The van der Waals surface area contributed by atoms with Crippen molar-refractivity contribution in [1.29, 1.82) is 0 Å². The monoisotopic (exact) mass is 350 g/mol. The van der Waals surface area contributed by atoms with E-state index in [2.05, 4.69) is 34.6 Å². The van der Waals surface area contributed by atoms with Gasteiger partial charge in [0.05, 0.1) is 5.56 Å². The van der Waals surface area contributed by atoms with Crippen LogP contribution >= 0.6 is 11.8 Å². The van der Waals surface area contributed by atoms with Crippen molar-refractivity contribution in [1.82, 2.24) is 10.3 Å². The molecule has 0 bridgehead atoms. The third-order valence-electron chi connectivity index (χ3n) is 3.83. The second-order valence-electron chi connectivity index (χ2n) is 5.67. The predicted molar refractivity (Wildman–Crippen MR) is 90.0 cm³/mol. The van der Waals surface area contributed by atoms with Crippen LogP contribution in [0.4, 0.5) is 13.2 Å². The van der Waals surface area contributed by atoms with Crippen LogP contribution in [0.25, 0.3) is 5.57 Å². The molecule has 1 aromatic carbocycles. The van der Waals surface area contributed by atoms with E-state index in [9.17, 15) is 13.2 Å². The highest BCUT2D eigenvalue weighted by molar-refractivity contribution is 7.99. The summed E-state index contributed by atoms with van der Waals surface area (Å²) in [5.41, 5.74) is 2.79. The average Bonchev–Trinajstić information content (AvgIpc) is 2.55. The van der Waals surface area contributed by atoms with E-state index in [1.807, 2.05) is 6.92 Å². The van der Waals surface area contributed by atoms with E-state index < -0.39 is 11.7 Å². The van der Waals surface area contributed by atoms with E-state index in [0.717, 1.165) is 47.8 Å². The van der Waals surface area contributed by atoms with Crippen molar-refractivity contribution in [2.45, 2.75) is 29.4 Å². The summed E-state index contributed by atoms with van der Waals surface area (Å²) in [5, 5.41) is 3.84. The van der Waals surface area contributed by atoms with Gasteiger partial charge >= 0.3 is 6.18 Å². The second kappa shape index (κ2) is 6.99. The molecule has 0 radical (unpaired) electrons. The molecule has 0 amide bonds. The van der Waals surface area contributed by atoms with Crippen molar-refractivity contribution in [2.75, 3.05) is 13.1 Å². The average molecular weight is 350 g/mol.